The minimum absolute atomic E-state index is 0.125. The third-order valence-corrected chi connectivity index (χ3v) is 4.02. The normalized spacial score (nSPS) is 15.6. The highest BCUT2D eigenvalue weighted by Crippen LogP contribution is 2.35. The van der Waals surface area contributed by atoms with Crippen LogP contribution in [0.5, 0.6) is 0 Å². The lowest BCUT2D eigenvalue weighted by Gasteiger charge is -2.11. The van der Waals surface area contributed by atoms with Crippen LogP contribution in [0.25, 0.3) is 11.5 Å². The molecular formula is C13H13N3O4S. The van der Waals surface area contributed by atoms with Gasteiger partial charge in [0.15, 0.2) is 0 Å². The number of aryl methyl sites for hydroxylation is 1. The van der Waals surface area contributed by atoms with Crippen molar-refractivity contribution < 1.29 is 19.1 Å². The monoisotopic (exact) mass is 307 g/mol. The van der Waals surface area contributed by atoms with Gasteiger partial charge in [0.25, 0.3) is 0 Å². The second kappa shape index (κ2) is 5.28. The fraction of sp³-hybridized carbons (Fsp3) is 0.385. The predicted molar refractivity (Wildman–Crippen MR) is 73.7 cm³/mol. The number of carboxylic acid groups (broad SMARTS) is 1. The molecule has 2 N–H and O–H groups in total. The fourth-order valence-corrected chi connectivity index (χ4v) is 2.55. The van der Waals surface area contributed by atoms with Gasteiger partial charge in [-0.1, -0.05) is 0 Å². The summed E-state index contributed by atoms with van der Waals surface area (Å²) in [5, 5.41) is 23.1. The average molecular weight is 307 g/mol. The van der Waals surface area contributed by atoms with Crippen LogP contribution < -0.4 is 5.32 Å². The Labute approximate surface area is 124 Å². The lowest BCUT2D eigenvalue weighted by Crippen LogP contribution is -2.43. The second-order valence-electron chi connectivity index (χ2n) is 4.95. The van der Waals surface area contributed by atoms with Crippen molar-refractivity contribution >= 4 is 23.2 Å². The number of rotatable bonds is 6. The van der Waals surface area contributed by atoms with E-state index in [0.717, 1.165) is 5.56 Å². The number of aromatic nitrogens is 2. The van der Waals surface area contributed by atoms with Crippen molar-refractivity contribution in [3.8, 4) is 11.5 Å². The number of amides is 1. The quantitative estimate of drug-likeness (QED) is 0.837. The highest BCUT2D eigenvalue weighted by Gasteiger charge is 2.51. The molecule has 7 nitrogen and oxygen atoms in total. The van der Waals surface area contributed by atoms with Crippen LogP contribution in [-0.2, 0) is 16.0 Å². The zero-order valence-electron chi connectivity index (χ0n) is 11.0. The Morgan fingerprint density at radius 2 is 2.24 bits per heavy atom. The van der Waals surface area contributed by atoms with Crippen LogP contribution in [0.3, 0.4) is 0 Å². The molecule has 0 atom stereocenters. The number of thiophene rings is 1. The molecule has 21 heavy (non-hydrogen) atoms. The molecule has 1 fully saturated rings. The largest absolute Gasteiger partial charge is 0.480 e. The molecule has 1 amide bonds. The molecule has 0 spiro atoms. The van der Waals surface area contributed by atoms with E-state index in [1.807, 2.05) is 16.8 Å². The molecule has 0 saturated heterocycles. The van der Waals surface area contributed by atoms with E-state index < -0.39 is 11.5 Å². The summed E-state index contributed by atoms with van der Waals surface area (Å²) < 4.78 is 5.46. The van der Waals surface area contributed by atoms with Crippen molar-refractivity contribution in [2.45, 2.75) is 31.2 Å². The van der Waals surface area contributed by atoms with Gasteiger partial charge in [0.05, 0.1) is 0 Å². The van der Waals surface area contributed by atoms with Crippen molar-refractivity contribution in [2.24, 2.45) is 0 Å². The van der Waals surface area contributed by atoms with Crippen LogP contribution in [0.15, 0.2) is 21.2 Å². The fourth-order valence-electron chi connectivity index (χ4n) is 1.92. The molecule has 0 bridgehead atoms. The Hall–Kier alpha value is -2.22. The number of aliphatic carboxylic acids is 1. The van der Waals surface area contributed by atoms with Crippen LogP contribution in [0.2, 0.25) is 0 Å². The van der Waals surface area contributed by atoms with E-state index in [1.165, 1.54) is 11.3 Å². The molecule has 2 aromatic heterocycles. The molecule has 0 aliphatic heterocycles. The van der Waals surface area contributed by atoms with Crippen molar-refractivity contribution in [1.82, 2.24) is 15.5 Å². The Balaban J connectivity index is 1.54. The molecule has 8 heteroatoms. The summed E-state index contributed by atoms with van der Waals surface area (Å²) in [5.41, 5.74) is -0.195. The lowest BCUT2D eigenvalue weighted by molar-refractivity contribution is -0.143. The first-order valence-corrected chi connectivity index (χ1v) is 7.43. The highest BCUT2D eigenvalue weighted by atomic mass is 32.1. The van der Waals surface area contributed by atoms with Gasteiger partial charge in [-0.15, -0.1) is 10.2 Å². The molecular weight excluding hydrogens is 294 g/mol. The maximum Gasteiger partial charge on any atom is 0.329 e. The van der Waals surface area contributed by atoms with E-state index in [0.29, 0.717) is 31.0 Å². The topological polar surface area (TPSA) is 105 Å². The highest BCUT2D eigenvalue weighted by molar-refractivity contribution is 7.08. The van der Waals surface area contributed by atoms with Gasteiger partial charge in [0.1, 0.15) is 5.54 Å². The van der Waals surface area contributed by atoms with E-state index in [1.54, 1.807) is 0 Å². The summed E-state index contributed by atoms with van der Waals surface area (Å²) in [7, 11) is 0. The first-order valence-electron chi connectivity index (χ1n) is 6.48. The summed E-state index contributed by atoms with van der Waals surface area (Å²) in [4.78, 5) is 22.7. The molecule has 0 radical (unpaired) electrons. The van der Waals surface area contributed by atoms with Gasteiger partial charge < -0.3 is 14.8 Å². The Kier molecular flexibility index (Phi) is 3.46. The Bertz CT molecular complexity index is 661. The molecule has 2 heterocycles. The first-order chi connectivity index (χ1) is 10.1. The molecule has 1 saturated carbocycles. The van der Waals surface area contributed by atoms with Crippen molar-refractivity contribution in [3.63, 3.8) is 0 Å². The summed E-state index contributed by atoms with van der Waals surface area (Å²) in [6, 6.07) is 1.87. The number of nitrogens with zero attached hydrogens (tertiary/aromatic N) is 2. The zero-order valence-corrected chi connectivity index (χ0v) is 11.9. The summed E-state index contributed by atoms with van der Waals surface area (Å²) in [6.45, 7) is 0. The van der Waals surface area contributed by atoms with Gasteiger partial charge in [0, 0.05) is 23.8 Å². The van der Waals surface area contributed by atoms with E-state index >= 15 is 0 Å². The molecule has 1 aliphatic carbocycles. The summed E-state index contributed by atoms with van der Waals surface area (Å²) in [5.74, 6) is -0.499. The zero-order chi connectivity index (χ0) is 14.9. The molecule has 0 aromatic carbocycles. The molecule has 2 aromatic rings. The predicted octanol–water partition coefficient (Wildman–Crippen LogP) is 1.46. The number of carboxylic acids is 1. The summed E-state index contributed by atoms with van der Waals surface area (Å²) >= 11 is 1.53. The molecule has 1 aliphatic rings. The van der Waals surface area contributed by atoms with E-state index in [2.05, 4.69) is 15.5 Å². The number of carbonyl (C=O) groups excluding carboxylic acids is 1. The van der Waals surface area contributed by atoms with E-state index in [4.69, 9.17) is 9.52 Å². The SMILES string of the molecule is O=C(CCc1nnc(-c2ccsc2)o1)NC1(C(=O)O)CC1. The first kappa shape index (κ1) is 13.7. The van der Waals surface area contributed by atoms with Crippen LogP contribution in [-0.4, -0.2) is 32.7 Å². The number of nitrogens with one attached hydrogen (secondary N) is 1. The van der Waals surface area contributed by atoms with Gasteiger partial charge in [-0.05, 0) is 24.3 Å². The second-order valence-corrected chi connectivity index (χ2v) is 5.73. The standard InChI is InChI=1S/C13H13N3O4S/c17-9(14-13(4-5-13)12(18)19)1-2-10-15-16-11(20-10)8-3-6-21-7-8/h3,6-7H,1-2,4-5H2,(H,14,17)(H,18,19). The van der Waals surface area contributed by atoms with Crippen LogP contribution in [0, 0.1) is 0 Å². The maximum atomic E-state index is 11.7. The molecule has 110 valence electrons. The maximum absolute atomic E-state index is 11.7. The lowest BCUT2D eigenvalue weighted by atomic mass is 10.2. The Morgan fingerprint density at radius 1 is 1.43 bits per heavy atom. The van der Waals surface area contributed by atoms with Gasteiger partial charge in [-0.2, -0.15) is 11.3 Å². The van der Waals surface area contributed by atoms with E-state index in [-0.39, 0.29) is 12.3 Å². The van der Waals surface area contributed by atoms with Crippen molar-refractivity contribution in [3.05, 3.63) is 22.7 Å². The molecule has 3 rings (SSSR count). The van der Waals surface area contributed by atoms with Crippen molar-refractivity contribution in [1.29, 1.82) is 0 Å². The minimum atomic E-state index is -1.05. The van der Waals surface area contributed by atoms with Gasteiger partial charge in [0.2, 0.25) is 17.7 Å². The van der Waals surface area contributed by atoms with Gasteiger partial charge >= 0.3 is 5.97 Å². The summed E-state index contributed by atoms with van der Waals surface area (Å²) in [6.07, 6.45) is 1.38. The minimum Gasteiger partial charge on any atom is -0.480 e. The third kappa shape index (κ3) is 2.94. The molecule has 0 unspecified atom stereocenters. The Morgan fingerprint density at radius 3 is 2.86 bits per heavy atom. The van der Waals surface area contributed by atoms with Gasteiger partial charge in [-0.3, -0.25) is 4.79 Å². The average Bonchev–Trinajstić information content (AvgIpc) is 2.92. The smallest absolute Gasteiger partial charge is 0.329 e. The van der Waals surface area contributed by atoms with Crippen LogP contribution in [0.1, 0.15) is 25.2 Å². The number of carbonyl (C=O) groups is 2. The third-order valence-electron chi connectivity index (χ3n) is 3.34. The van der Waals surface area contributed by atoms with Crippen LogP contribution >= 0.6 is 11.3 Å². The van der Waals surface area contributed by atoms with E-state index in [9.17, 15) is 9.59 Å². The van der Waals surface area contributed by atoms with Crippen molar-refractivity contribution in [2.75, 3.05) is 0 Å². The van der Waals surface area contributed by atoms with Crippen LogP contribution in [0.4, 0.5) is 0 Å². The number of hydrogen-bond donors (Lipinski definition) is 2. The van der Waals surface area contributed by atoms with Gasteiger partial charge in [-0.25, -0.2) is 4.79 Å². The number of hydrogen-bond acceptors (Lipinski definition) is 6.